The van der Waals surface area contributed by atoms with Crippen LogP contribution in [-0.4, -0.2) is 36.9 Å². The molecule has 2 bridgehead atoms. The van der Waals surface area contributed by atoms with E-state index in [9.17, 15) is 13.2 Å². The van der Waals surface area contributed by atoms with Crippen molar-refractivity contribution in [3.05, 3.63) is 29.8 Å². The van der Waals surface area contributed by atoms with E-state index in [-0.39, 0.29) is 5.75 Å². The van der Waals surface area contributed by atoms with Crippen molar-refractivity contribution in [1.82, 2.24) is 10.2 Å². The van der Waals surface area contributed by atoms with Crippen molar-refractivity contribution in [1.29, 1.82) is 0 Å². The molecule has 0 radical (unpaired) electrons. The van der Waals surface area contributed by atoms with Crippen molar-refractivity contribution in [2.45, 2.75) is 31.8 Å². The van der Waals surface area contributed by atoms with Gasteiger partial charge in [-0.25, -0.2) is 0 Å². The standard InChI is InChI=1S/C18H21F3N2O/c1-2-14-12-23-7-6-15(14)9-16(23)11-22-10-13-4-3-5-17(8-13)24-18(19,20)21/h1,3-5,8,14-16,22H,6-7,9-12H2. The van der Waals surface area contributed by atoms with Crippen LogP contribution in [-0.2, 0) is 6.54 Å². The topological polar surface area (TPSA) is 24.5 Å². The Morgan fingerprint density at radius 1 is 1.38 bits per heavy atom. The molecule has 4 rings (SSSR count). The highest BCUT2D eigenvalue weighted by atomic mass is 19.4. The summed E-state index contributed by atoms with van der Waals surface area (Å²) >= 11 is 0. The molecular formula is C18H21F3N2O. The Morgan fingerprint density at radius 3 is 2.88 bits per heavy atom. The van der Waals surface area contributed by atoms with Gasteiger partial charge in [0, 0.05) is 31.6 Å². The van der Waals surface area contributed by atoms with Gasteiger partial charge in [-0.15, -0.1) is 25.5 Å². The van der Waals surface area contributed by atoms with Gasteiger partial charge in [-0.3, -0.25) is 4.90 Å². The number of alkyl halides is 3. The summed E-state index contributed by atoms with van der Waals surface area (Å²) in [5.74, 6) is 3.69. The number of halogens is 3. The van der Waals surface area contributed by atoms with Crippen LogP contribution in [0.3, 0.4) is 0 Å². The summed E-state index contributed by atoms with van der Waals surface area (Å²) in [5, 5.41) is 3.35. The molecule has 0 amide bonds. The molecule has 1 N–H and O–H groups in total. The van der Waals surface area contributed by atoms with Crippen molar-refractivity contribution in [2.24, 2.45) is 11.8 Å². The zero-order chi connectivity index (χ0) is 17.2. The molecule has 4 atom stereocenters. The molecule has 0 aromatic heterocycles. The van der Waals surface area contributed by atoms with Gasteiger partial charge in [0.05, 0.1) is 0 Å². The molecule has 1 aromatic rings. The van der Waals surface area contributed by atoms with Crippen molar-refractivity contribution in [2.75, 3.05) is 19.6 Å². The van der Waals surface area contributed by atoms with Gasteiger partial charge in [-0.1, -0.05) is 12.1 Å². The van der Waals surface area contributed by atoms with Crippen molar-refractivity contribution >= 4 is 0 Å². The molecule has 3 heterocycles. The third kappa shape index (κ3) is 4.22. The van der Waals surface area contributed by atoms with Crippen molar-refractivity contribution in [3.63, 3.8) is 0 Å². The van der Waals surface area contributed by atoms with E-state index in [0.717, 1.165) is 31.6 Å². The van der Waals surface area contributed by atoms with Gasteiger partial charge in [-0.05, 0) is 43.0 Å². The monoisotopic (exact) mass is 338 g/mol. The predicted molar refractivity (Wildman–Crippen MR) is 85.2 cm³/mol. The van der Waals surface area contributed by atoms with Crippen molar-refractivity contribution < 1.29 is 17.9 Å². The molecule has 130 valence electrons. The number of ether oxygens (including phenoxy) is 1. The van der Waals surface area contributed by atoms with Gasteiger partial charge in [0.25, 0.3) is 0 Å². The van der Waals surface area contributed by atoms with Crippen LogP contribution in [0.2, 0.25) is 0 Å². The average molecular weight is 338 g/mol. The first-order valence-corrected chi connectivity index (χ1v) is 8.20. The highest BCUT2D eigenvalue weighted by molar-refractivity contribution is 5.28. The van der Waals surface area contributed by atoms with E-state index >= 15 is 0 Å². The Morgan fingerprint density at radius 2 is 2.21 bits per heavy atom. The molecule has 0 saturated carbocycles. The Bertz CT molecular complexity index is 611. The maximum absolute atomic E-state index is 12.3. The molecule has 3 nitrogen and oxygen atoms in total. The lowest BCUT2D eigenvalue weighted by atomic mass is 9.76. The summed E-state index contributed by atoms with van der Waals surface area (Å²) in [4.78, 5) is 2.43. The fourth-order valence-electron chi connectivity index (χ4n) is 3.78. The van der Waals surface area contributed by atoms with Crippen LogP contribution in [0.5, 0.6) is 5.75 Å². The lowest BCUT2D eigenvalue weighted by molar-refractivity contribution is -0.274. The molecule has 3 saturated heterocycles. The lowest BCUT2D eigenvalue weighted by Gasteiger charge is -2.48. The summed E-state index contributed by atoms with van der Waals surface area (Å²) in [6.45, 7) is 3.38. The number of piperidine rings is 3. The molecule has 0 aliphatic carbocycles. The Labute approximate surface area is 140 Å². The maximum atomic E-state index is 12.3. The third-order valence-electron chi connectivity index (χ3n) is 4.93. The minimum absolute atomic E-state index is 0.181. The summed E-state index contributed by atoms with van der Waals surface area (Å²) in [6, 6.07) is 6.55. The molecule has 0 spiro atoms. The smallest absolute Gasteiger partial charge is 0.406 e. The number of hydrogen-bond donors (Lipinski definition) is 1. The minimum Gasteiger partial charge on any atom is -0.406 e. The number of nitrogens with one attached hydrogen (secondary N) is 1. The molecule has 3 aliphatic rings. The Balaban J connectivity index is 1.49. The number of fused-ring (bicyclic) bond motifs is 3. The molecule has 3 fully saturated rings. The first-order valence-electron chi connectivity index (χ1n) is 8.20. The summed E-state index contributed by atoms with van der Waals surface area (Å²) in [7, 11) is 0. The number of terminal acetylenes is 1. The summed E-state index contributed by atoms with van der Waals surface area (Å²) < 4.78 is 40.7. The Kier molecular flexibility index (Phi) is 5.02. The van der Waals surface area contributed by atoms with Gasteiger partial charge in [0.15, 0.2) is 0 Å². The fourth-order valence-corrected chi connectivity index (χ4v) is 3.78. The molecule has 6 heteroatoms. The van der Waals surface area contributed by atoms with Crippen LogP contribution in [0.1, 0.15) is 18.4 Å². The van der Waals surface area contributed by atoms with Crippen LogP contribution in [0.4, 0.5) is 13.2 Å². The lowest BCUT2D eigenvalue weighted by Crippen LogP contribution is -2.55. The number of nitrogens with zero attached hydrogens (tertiary/aromatic N) is 1. The Hall–Kier alpha value is -1.71. The van der Waals surface area contributed by atoms with E-state index < -0.39 is 6.36 Å². The highest BCUT2D eigenvalue weighted by Gasteiger charge is 2.38. The normalized spacial score (nSPS) is 29.2. The number of benzene rings is 1. The minimum atomic E-state index is -4.66. The van der Waals surface area contributed by atoms with Gasteiger partial charge in [0.2, 0.25) is 0 Å². The predicted octanol–water partition coefficient (Wildman–Crippen LogP) is 3.02. The van der Waals surface area contributed by atoms with Crippen LogP contribution in [0.25, 0.3) is 0 Å². The number of rotatable bonds is 5. The van der Waals surface area contributed by atoms with Gasteiger partial charge in [-0.2, -0.15) is 0 Å². The van der Waals surface area contributed by atoms with E-state index in [0.29, 0.717) is 24.4 Å². The maximum Gasteiger partial charge on any atom is 0.573 e. The first-order chi connectivity index (χ1) is 11.4. The van der Waals surface area contributed by atoms with Gasteiger partial charge in [0.1, 0.15) is 5.75 Å². The average Bonchev–Trinajstić information content (AvgIpc) is 2.54. The van der Waals surface area contributed by atoms with E-state index in [4.69, 9.17) is 6.42 Å². The third-order valence-corrected chi connectivity index (χ3v) is 4.93. The van der Waals surface area contributed by atoms with E-state index in [2.05, 4.69) is 20.9 Å². The molecule has 3 aliphatic heterocycles. The highest BCUT2D eigenvalue weighted by Crippen LogP contribution is 2.35. The molecule has 4 unspecified atom stereocenters. The quantitative estimate of drug-likeness (QED) is 0.836. The van der Waals surface area contributed by atoms with Gasteiger partial charge >= 0.3 is 6.36 Å². The number of hydrogen-bond acceptors (Lipinski definition) is 3. The first kappa shape index (κ1) is 17.1. The van der Waals surface area contributed by atoms with Crippen molar-refractivity contribution in [3.8, 4) is 18.1 Å². The largest absolute Gasteiger partial charge is 0.573 e. The second kappa shape index (κ2) is 7.04. The van der Waals surface area contributed by atoms with E-state index in [1.54, 1.807) is 12.1 Å². The second-order valence-corrected chi connectivity index (χ2v) is 6.53. The molecule has 24 heavy (non-hydrogen) atoms. The zero-order valence-corrected chi connectivity index (χ0v) is 13.4. The van der Waals surface area contributed by atoms with E-state index in [1.165, 1.54) is 18.6 Å². The van der Waals surface area contributed by atoms with Crippen LogP contribution < -0.4 is 10.1 Å². The summed E-state index contributed by atoms with van der Waals surface area (Å²) in [5.41, 5.74) is 0.772. The molecule has 1 aromatic carbocycles. The summed E-state index contributed by atoms with van der Waals surface area (Å²) in [6.07, 6.45) is 3.19. The van der Waals surface area contributed by atoms with Crippen LogP contribution >= 0.6 is 0 Å². The zero-order valence-electron chi connectivity index (χ0n) is 13.4. The molecular weight excluding hydrogens is 317 g/mol. The van der Waals surface area contributed by atoms with E-state index in [1.807, 2.05) is 0 Å². The van der Waals surface area contributed by atoms with Crippen LogP contribution in [0.15, 0.2) is 24.3 Å². The SMILES string of the molecule is C#CC1CN2CCC1CC2CNCc1cccc(OC(F)(F)F)c1. The fraction of sp³-hybridized carbons (Fsp3) is 0.556. The van der Waals surface area contributed by atoms with Gasteiger partial charge < -0.3 is 10.1 Å². The van der Waals surface area contributed by atoms with Crippen LogP contribution in [0, 0.1) is 24.2 Å². The second-order valence-electron chi connectivity index (χ2n) is 6.53.